The largest absolute Gasteiger partial charge is 0.490 e. The Hall–Kier alpha value is -2.66. The summed E-state index contributed by atoms with van der Waals surface area (Å²) in [7, 11) is 0.363. The van der Waals surface area contributed by atoms with E-state index in [-0.39, 0.29) is 17.3 Å². The first-order chi connectivity index (χ1) is 23.7. The number of rotatable bonds is 2. The Labute approximate surface area is 303 Å². The molecule has 1 amide bonds. The summed E-state index contributed by atoms with van der Waals surface area (Å²) in [5, 5.41) is 3.24. The predicted octanol–water partition coefficient (Wildman–Crippen LogP) is 5.83. The molecule has 3 aliphatic heterocycles. The molecule has 2 N–H and O–H groups in total. The number of carbonyl (C=O) groups excluding carboxylic acids is 2. The number of nitrogens with zero attached hydrogens (tertiary/aromatic N) is 2. The molecule has 2 aromatic carbocycles. The second kappa shape index (κ2) is 14.8. The van der Waals surface area contributed by atoms with Crippen molar-refractivity contribution >= 4 is 39.5 Å². The number of aldehydes is 1. The second-order valence-corrected chi connectivity index (χ2v) is 18.6. The molecule has 2 bridgehead atoms. The lowest BCUT2D eigenvalue weighted by molar-refractivity contribution is -0.115. The van der Waals surface area contributed by atoms with Crippen molar-refractivity contribution in [1.29, 1.82) is 0 Å². The standard InChI is InChI=1S/C33H41ClN2O5S.C6H14N2/c1-21-5-3-6-26(18-37)28-11-8-25(28)17-36-19-33(14-4-7-23-15-27(34)10-12-29(23)33)20-41-31-13-9-24(16-30(31)36)32(38)35-42(39,40)22(21)2;1-6(8(2)3)4-7-5-6/h9-10,12-13,15-16,18,21-22,25-26,28H,3-8,11,14,17,19-20H2,1-2H3,(H,35,38);7H,4-5H2,1-3H3/t21-,22+,25-,26?,28+,33-;/m0./s1. The van der Waals surface area contributed by atoms with Crippen LogP contribution in [-0.2, 0) is 26.7 Å². The molecule has 274 valence electrons. The maximum Gasteiger partial charge on any atom is 0.264 e. The van der Waals surface area contributed by atoms with E-state index in [1.54, 1.807) is 25.1 Å². The van der Waals surface area contributed by atoms with Crippen molar-refractivity contribution in [2.24, 2.45) is 23.7 Å². The first kappa shape index (κ1) is 37.1. The van der Waals surface area contributed by atoms with Crippen LogP contribution in [0.25, 0.3) is 0 Å². The minimum Gasteiger partial charge on any atom is -0.490 e. The number of benzene rings is 2. The number of sulfonamides is 1. The molecule has 1 spiro atoms. The van der Waals surface area contributed by atoms with Crippen LogP contribution in [0.15, 0.2) is 36.4 Å². The summed E-state index contributed by atoms with van der Waals surface area (Å²) in [6.07, 6.45) is 8.43. The van der Waals surface area contributed by atoms with Crippen molar-refractivity contribution in [3.05, 3.63) is 58.1 Å². The summed E-state index contributed by atoms with van der Waals surface area (Å²) in [6, 6.07) is 11.4. The van der Waals surface area contributed by atoms with Gasteiger partial charge in [0.05, 0.1) is 17.5 Å². The fraction of sp³-hybridized carbons (Fsp3) is 0.641. The van der Waals surface area contributed by atoms with Gasteiger partial charge in [-0.15, -0.1) is 0 Å². The smallest absolute Gasteiger partial charge is 0.264 e. The number of amides is 1. The van der Waals surface area contributed by atoms with Crippen LogP contribution < -0.4 is 19.7 Å². The van der Waals surface area contributed by atoms with Crippen LogP contribution in [0.2, 0.25) is 5.02 Å². The van der Waals surface area contributed by atoms with Crippen LogP contribution in [0, 0.1) is 23.7 Å². The van der Waals surface area contributed by atoms with E-state index in [0.29, 0.717) is 48.3 Å². The lowest BCUT2D eigenvalue weighted by atomic mass is 9.65. The molecule has 0 radical (unpaired) electrons. The van der Waals surface area contributed by atoms with Crippen molar-refractivity contribution in [3.63, 3.8) is 0 Å². The third kappa shape index (κ3) is 7.46. The number of hydrogen-bond donors (Lipinski definition) is 2. The molecular weight excluding hydrogens is 672 g/mol. The van der Waals surface area contributed by atoms with E-state index in [9.17, 15) is 18.0 Å². The Morgan fingerprint density at radius 2 is 1.82 bits per heavy atom. The quantitative estimate of drug-likeness (QED) is 0.373. The number of likely N-dealkylation sites (N-methyl/N-ethyl adjacent to an activating group) is 1. The van der Waals surface area contributed by atoms with Crippen LogP contribution in [0.5, 0.6) is 5.75 Å². The number of nitrogens with one attached hydrogen (secondary N) is 2. The van der Waals surface area contributed by atoms with Gasteiger partial charge in [0.1, 0.15) is 12.0 Å². The van der Waals surface area contributed by atoms with Crippen LogP contribution in [0.4, 0.5) is 5.69 Å². The zero-order chi connectivity index (χ0) is 35.8. The van der Waals surface area contributed by atoms with E-state index in [4.69, 9.17) is 16.3 Å². The normalized spacial score (nSPS) is 31.6. The zero-order valence-corrected chi connectivity index (χ0v) is 31.9. The van der Waals surface area contributed by atoms with Gasteiger partial charge in [-0.25, -0.2) is 13.1 Å². The molecule has 0 aromatic heterocycles. The Morgan fingerprint density at radius 1 is 1.04 bits per heavy atom. The second-order valence-electron chi connectivity index (χ2n) is 16.2. The number of halogens is 1. The summed E-state index contributed by atoms with van der Waals surface area (Å²) >= 11 is 6.39. The zero-order valence-electron chi connectivity index (χ0n) is 30.3. The average molecular weight is 727 g/mol. The molecule has 1 saturated heterocycles. The molecule has 2 aliphatic carbocycles. The maximum atomic E-state index is 13.3. The van der Waals surface area contributed by atoms with E-state index >= 15 is 0 Å². The number of aryl methyl sites for hydroxylation is 1. The monoisotopic (exact) mass is 726 g/mol. The Kier molecular flexibility index (Phi) is 11.0. The van der Waals surface area contributed by atoms with Gasteiger partial charge in [-0.3, -0.25) is 4.79 Å². The van der Waals surface area contributed by atoms with Crippen LogP contribution >= 0.6 is 11.6 Å². The van der Waals surface area contributed by atoms with E-state index < -0.39 is 21.2 Å². The highest BCUT2D eigenvalue weighted by Gasteiger charge is 2.45. The van der Waals surface area contributed by atoms with Crippen molar-refractivity contribution in [2.45, 2.75) is 88.3 Å². The van der Waals surface area contributed by atoms with Crippen molar-refractivity contribution in [2.75, 3.05) is 51.8 Å². The fourth-order valence-corrected chi connectivity index (χ4v) is 10.1. The highest BCUT2D eigenvalue weighted by molar-refractivity contribution is 7.90. The van der Waals surface area contributed by atoms with Gasteiger partial charge in [-0.1, -0.05) is 31.0 Å². The summed E-state index contributed by atoms with van der Waals surface area (Å²) < 4.78 is 35.3. The molecule has 6 atom stereocenters. The van der Waals surface area contributed by atoms with Gasteiger partial charge in [0.2, 0.25) is 10.0 Å². The van der Waals surface area contributed by atoms with Crippen LogP contribution in [0.3, 0.4) is 0 Å². The molecule has 3 heterocycles. The van der Waals surface area contributed by atoms with Crippen LogP contribution in [-0.4, -0.2) is 83.2 Å². The number of carbonyl (C=O) groups is 2. The first-order valence-corrected chi connectivity index (χ1v) is 20.4. The van der Waals surface area contributed by atoms with E-state index in [0.717, 1.165) is 81.6 Å². The third-order valence-electron chi connectivity index (χ3n) is 12.8. The fourth-order valence-electron chi connectivity index (χ4n) is 8.61. The van der Waals surface area contributed by atoms with Crippen molar-refractivity contribution in [3.8, 4) is 5.75 Å². The maximum absolute atomic E-state index is 13.3. The predicted molar refractivity (Wildman–Crippen MR) is 200 cm³/mol. The Morgan fingerprint density at radius 3 is 2.46 bits per heavy atom. The average Bonchev–Trinajstić information content (AvgIpc) is 3.20. The van der Waals surface area contributed by atoms with Gasteiger partial charge < -0.3 is 24.6 Å². The number of anilines is 1. The minimum absolute atomic E-state index is 0.0315. The van der Waals surface area contributed by atoms with Crippen molar-refractivity contribution in [1.82, 2.24) is 14.9 Å². The molecule has 9 nitrogen and oxygen atoms in total. The molecule has 2 aromatic rings. The van der Waals surface area contributed by atoms with Gasteiger partial charge in [-0.05, 0) is 132 Å². The SMILES string of the molecule is CN(C)C1(C)CNC1.C[C@@H]1[C@@H](C)CCCC(C=O)[C@@H]2CC[C@H]2CN2C[C@@]3(CCCc4cc(Cl)ccc43)COc3ccc(cc32)C(=O)NS1(=O)=O. The molecule has 1 saturated carbocycles. The molecule has 7 rings (SSSR count). The van der Waals surface area contributed by atoms with Gasteiger partial charge in [-0.2, -0.15) is 0 Å². The van der Waals surface area contributed by atoms with Gasteiger partial charge >= 0.3 is 0 Å². The highest BCUT2D eigenvalue weighted by Crippen LogP contribution is 2.47. The summed E-state index contributed by atoms with van der Waals surface area (Å²) in [4.78, 5) is 30.3. The summed E-state index contributed by atoms with van der Waals surface area (Å²) in [6.45, 7) is 10.1. The minimum atomic E-state index is -3.89. The third-order valence-corrected chi connectivity index (χ3v) is 14.9. The first-order valence-electron chi connectivity index (χ1n) is 18.5. The number of ether oxygens (including phenoxy) is 1. The molecule has 2 fully saturated rings. The molecule has 11 heteroatoms. The van der Waals surface area contributed by atoms with Gasteiger partial charge in [0.15, 0.2) is 0 Å². The molecule has 50 heavy (non-hydrogen) atoms. The highest BCUT2D eigenvalue weighted by atomic mass is 35.5. The lowest BCUT2D eigenvalue weighted by Crippen LogP contribution is -2.64. The number of hydrogen-bond acceptors (Lipinski definition) is 8. The lowest BCUT2D eigenvalue weighted by Gasteiger charge is -2.46. The number of fused-ring (bicyclic) bond motifs is 4. The molecule has 5 aliphatic rings. The summed E-state index contributed by atoms with van der Waals surface area (Å²) in [5.74, 6) is 0.559. The van der Waals surface area contributed by atoms with Gasteiger partial charge in [0, 0.05) is 53.6 Å². The Bertz CT molecular complexity index is 1680. The van der Waals surface area contributed by atoms with Gasteiger partial charge in [0.25, 0.3) is 5.91 Å². The topological polar surface area (TPSA) is 108 Å². The molecular formula is C39H55ClN4O5S. The van der Waals surface area contributed by atoms with E-state index in [1.807, 2.05) is 13.0 Å². The van der Waals surface area contributed by atoms with Crippen molar-refractivity contribution < 1.29 is 22.7 Å². The Balaban J connectivity index is 0.000000477. The van der Waals surface area contributed by atoms with E-state index in [1.165, 1.54) is 11.1 Å². The molecule has 1 unspecified atom stereocenters. The van der Waals surface area contributed by atoms with Crippen LogP contribution in [0.1, 0.15) is 87.2 Å². The van der Waals surface area contributed by atoms with E-state index in [2.05, 4.69) is 53.0 Å². The summed E-state index contributed by atoms with van der Waals surface area (Å²) in [5.41, 5.74) is 3.81.